The van der Waals surface area contributed by atoms with Crippen LogP contribution in [0.4, 0.5) is 0 Å². The molecule has 0 aromatic carbocycles. The van der Waals surface area contributed by atoms with E-state index < -0.39 is 66.3 Å². The summed E-state index contributed by atoms with van der Waals surface area (Å²) in [5, 5.41) is 28.6. The maximum Gasteiger partial charge on any atom is 0.327 e. The van der Waals surface area contributed by atoms with Crippen molar-refractivity contribution in [3.05, 3.63) is 0 Å². The fourth-order valence-electron chi connectivity index (χ4n) is 2.70. The number of carboxylic acids is 1. The van der Waals surface area contributed by atoms with Gasteiger partial charge in [-0.15, -0.1) is 0 Å². The second-order valence-corrected chi connectivity index (χ2v) is 7.05. The SMILES string of the molecule is CC(O)C(NC(=O)C(CC(N)=O)NC(=O)C1CCCN1)C(=O)NC(CS)C(=O)O. The average molecular weight is 433 g/mol. The van der Waals surface area contributed by atoms with Crippen LogP contribution in [0.3, 0.4) is 0 Å². The quantitative estimate of drug-likeness (QED) is 0.153. The number of nitrogens with one attached hydrogen (secondary N) is 4. The summed E-state index contributed by atoms with van der Waals surface area (Å²) in [6.45, 7) is 1.86. The first-order valence-electron chi connectivity index (χ1n) is 9.01. The van der Waals surface area contributed by atoms with Crippen molar-refractivity contribution >= 4 is 42.2 Å². The molecule has 0 radical (unpaired) electrons. The van der Waals surface area contributed by atoms with Gasteiger partial charge < -0.3 is 37.2 Å². The summed E-state index contributed by atoms with van der Waals surface area (Å²) in [7, 11) is 0. The molecule has 1 fully saturated rings. The molecular formula is C16H27N5O7S. The Morgan fingerprint density at radius 3 is 2.24 bits per heavy atom. The third-order valence-corrected chi connectivity index (χ3v) is 4.64. The number of aliphatic hydroxyl groups is 1. The summed E-state index contributed by atoms with van der Waals surface area (Å²) in [6.07, 6.45) is -0.567. The minimum atomic E-state index is -1.53. The van der Waals surface area contributed by atoms with E-state index in [0.29, 0.717) is 13.0 Å². The molecule has 29 heavy (non-hydrogen) atoms. The molecule has 0 aliphatic carbocycles. The Kier molecular flexibility index (Phi) is 9.85. The van der Waals surface area contributed by atoms with Crippen molar-refractivity contribution in [3.63, 3.8) is 0 Å². The monoisotopic (exact) mass is 433 g/mol. The van der Waals surface area contributed by atoms with E-state index in [1.165, 1.54) is 6.92 Å². The van der Waals surface area contributed by atoms with Crippen LogP contribution in [-0.4, -0.2) is 82.4 Å². The first-order valence-corrected chi connectivity index (χ1v) is 9.64. The summed E-state index contributed by atoms with van der Waals surface area (Å²) in [5.74, 6) is -4.79. The number of carboxylic acid groups (broad SMARTS) is 1. The van der Waals surface area contributed by atoms with E-state index in [2.05, 4.69) is 33.9 Å². The van der Waals surface area contributed by atoms with Crippen LogP contribution in [0.5, 0.6) is 0 Å². The number of amides is 4. The highest BCUT2D eigenvalue weighted by molar-refractivity contribution is 7.80. The Morgan fingerprint density at radius 1 is 1.14 bits per heavy atom. The molecule has 4 amide bonds. The van der Waals surface area contributed by atoms with Crippen LogP contribution in [0.2, 0.25) is 0 Å². The molecule has 0 spiro atoms. The summed E-state index contributed by atoms with van der Waals surface area (Å²) < 4.78 is 0. The Hall–Kier alpha value is -2.38. The molecule has 0 aromatic rings. The van der Waals surface area contributed by atoms with Crippen molar-refractivity contribution in [2.75, 3.05) is 12.3 Å². The van der Waals surface area contributed by atoms with E-state index in [1.807, 2.05) is 0 Å². The van der Waals surface area contributed by atoms with Gasteiger partial charge in [-0.1, -0.05) is 0 Å². The van der Waals surface area contributed by atoms with E-state index in [1.54, 1.807) is 0 Å². The number of aliphatic carboxylic acids is 1. The largest absolute Gasteiger partial charge is 0.480 e. The Bertz CT molecular complexity index is 639. The highest BCUT2D eigenvalue weighted by Gasteiger charge is 2.33. The van der Waals surface area contributed by atoms with E-state index in [9.17, 15) is 29.1 Å². The molecule has 1 heterocycles. The molecule has 0 saturated carbocycles. The van der Waals surface area contributed by atoms with Gasteiger partial charge in [-0.3, -0.25) is 19.2 Å². The molecule has 1 rings (SSSR count). The number of hydrogen-bond acceptors (Lipinski definition) is 8. The maximum atomic E-state index is 12.6. The first kappa shape index (κ1) is 24.7. The van der Waals surface area contributed by atoms with Crippen molar-refractivity contribution in [1.82, 2.24) is 21.3 Å². The molecule has 1 aliphatic heterocycles. The van der Waals surface area contributed by atoms with Crippen LogP contribution in [-0.2, 0) is 24.0 Å². The topological polar surface area (TPSA) is 200 Å². The second kappa shape index (κ2) is 11.6. The van der Waals surface area contributed by atoms with Gasteiger partial charge >= 0.3 is 5.97 Å². The number of thiol groups is 1. The van der Waals surface area contributed by atoms with E-state index in [-0.39, 0.29) is 5.75 Å². The highest BCUT2D eigenvalue weighted by atomic mass is 32.1. The third kappa shape index (κ3) is 7.87. The third-order valence-electron chi connectivity index (χ3n) is 4.27. The van der Waals surface area contributed by atoms with Crippen LogP contribution >= 0.6 is 12.6 Å². The number of carbonyl (C=O) groups excluding carboxylic acids is 4. The first-order chi connectivity index (χ1) is 13.6. The zero-order valence-electron chi connectivity index (χ0n) is 15.9. The van der Waals surface area contributed by atoms with Gasteiger partial charge in [0, 0.05) is 5.75 Å². The number of carbonyl (C=O) groups is 5. The van der Waals surface area contributed by atoms with Crippen LogP contribution < -0.4 is 27.0 Å². The molecule has 1 aliphatic rings. The lowest BCUT2D eigenvalue weighted by atomic mass is 10.1. The summed E-state index contributed by atoms with van der Waals surface area (Å²) >= 11 is 3.82. The average Bonchev–Trinajstić information content (AvgIpc) is 3.17. The van der Waals surface area contributed by atoms with Crippen molar-refractivity contribution < 1.29 is 34.2 Å². The molecule has 5 unspecified atom stereocenters. The van der Waals surface area contributed by atoms with E-state index in [0.717, 1.165) is 6.42 Å². The lowest BCUT2D eigenvalue weighted by Crippen LogP contribution is -2.60. The zero-order chi connectivity index (χ0) is 22.1. The molecular weight excluding hydrogens is 406 g/mol. The molecule has 164 valence electrons. The number of rotatable bonds is 11. The van der Waals surface area contributed by atoms with Gasteiger partial charge in [-0.05, 0) is 26.3 Å². The summed E-state index contributed by atoms with van der Waals surface area (Å²) in [4.78, 5) is 59.4. The predicted octanol–water partition coefficient (Wildman–Crippen LogP) is -3.54. The molecule has 1 saturated heterocycles. The molecule has 0 bridgehead atoms. The number of nitrogens with two attached hydrogens (primary N) is 1. The van der Waals surface area contributed by atoms with Crippen LogP contribution in [0.15, 0.2) is 0 Å². The fraction of sp³-hybridized carbons (Fsp3) is 0.688. The van der Waals surface area contributed by atoms with Gasteiger partial charge in [0.15, 0.2) is 0 Å². The number of aliphatic hydroxyl groups excluding tert-OH is 1. The van der Waals surface area contributed by atoms with Crippen LogP contribution in [0.25, 0.3) is 0 Å². The van der Waals surface area contributed by atoms with Gasteiger partial charge in [0.05, 0.1) is 18.6 Å². The van der Waals surface area contributed by atoms with Crippen LogP contribution in [0.1, 0.15) is 26.2 Å². The molecule has 5 atom stereocenters. The summed E-state index contributed by atoms with van der Waals surface area (Å²) in [6, 6.07) is -4.74. The van der Waals surface area contributed by atoms with Crippen molar-refractivity contribution in [2.45, 2.75) is 56.5 Å². The second-order valence-electron chi connectivity index (χ2n) is 6.69. The van der Waals surface area contributed by atoms with Gasteiger partial charge in [0.25, 0.3) is 0 Å². The highest BCUT2D eigenvalue weighted by Crippen LogP contribution is 2.06. The maximum absolute atomic E-state index is 12.6. The van der Waals surface area contributed by atoms with Crippen molar-refractivity contribution in [2.24, 2.45) is 5.73 Å². The van der Waals surface area contributed by atoms with Crippen LogP contribution in [0, 0.1) is 0 Å². The smallest absolute Gasteiger partial charge is 0.327 e. The normalized spacial score (nSPS) is 20.0. The standard InChI is InChI=1S/C16H27N5O7S/c1-7(22)12(15(26)20-10(6-29)16(27)28)21-14(25)9(5-11(17)23)19-13(24)8-3-2-4-18-8/h7-10,12,18,22,29H,2-6H2,1H3,(H2,17,23)(H,19,24)(H,20,26)(H,21,25)(H,27,28). The number of primary amides is 1. The minimum absolute atomic E-state index is 0.212. The van der Waals surface area contributed by atoms with Crippen molar-refractivity contribution in [1.29, 1.82) is 0 Å². The lowest BCUT2D eigenvalue weighted by molar-refractivity contribution is -0.142. The van der Waals surface area contributed by atoms with Gasteiger partial charge in [-0.2, -0.15) is 12.6 Å². The van der Waals surface area contributed by atoms with Gasteiger partial charge in [0.1, 0.15) is 18.1 Å². The Balaban J connectivity index is 2.86. The minimum Gasteiger partial charge on any atom is -0.480 e. The number of hydrogen-bond donors (Lipinski definition) is 8. The van der Waals surface area contributed by atoms with Gasteiger partial charge in [-0.25, -0.2) is 4.79 Å². The van der Waals surface area contributed by atoms with E-state index in [4.69, 9.17) is 10.8 Å². The van der Waals surface area contributed by atoms with Crippen molar-refractivity contribution in [3.8, 4) is 0 Å². The van der Waals surface area contributed by atoms with E-state index >= 15 is 0 Å². The molecule has 12 nitrogen and oxygen atoms in total. The lowest BCUT2D eigenvalue weighted by Gasteiger charge is -2.26. The fourth-order valence-corrected chi connectivity index (χ4v) is 2.94. The molecule has 0 aromatic heterocycles. The molecule has 8 N–H and O–H groups in total. The Morgan fingerprint density at radius 2 is 1.79 bits per heavy atom. The molecule has 13 heteroatoms. The zero-order valence-corrected chi connectivity index (χ0v) is 16.8. The Labute approximate surface area is 172 Å². The van der Waals surface area contributed by atoms with Gasteiger partial charge in [0.2, 0.25) is 23.6 Å². The predicted molar refractivity (Wildman–Crippen MR) is 104 cm³/mol. The summed E-state index contributed by atoms with van der Waals surface area (Å²) in [5.41, 5.74) is 5.14.